The molecular weight excluding hydrogens is 359 g/mol. The minimum atomic E-state index is -0.363. The van der Waals surface area contributed by atoms with E-state index in [2.05, 4.69) is 20.5 Å². The van der Waals surface area contributed by atoms with Gasteiger partial charge < -0.3 is 10.1 Å². The number of carbonyl (C=O) groups is 1. The van der Waals surface area contributed by atoms with E-state index in [1.807, 2.05) is 12.1 Å². The molecule has 2 aromatic carbocycles. The minimum absolute atomic E-state index is 0.283. The van der Waals surface area contributed by atoms with Crippen LogP contribution in [0.25, 0.3) is 22.2 Å². The zero-order chi connectivity index (χ0) is 19.5. The van der Waals surface area contributed by atoms with Gasteiger partial charge in [-0.25, -0.2) is 4.39 Å². The van der Waals surface area contributed by atoms with Gasteiger partial charge in [-0.15, -0.1) is 0 Å². The largest absolute Gasteiger partial charge is 0.495 e. The van der Waals surface area contributed by atoms with Gasteiger partial charge in [0.05, 0.1) is 23.6 Å². The molecule has 0 bridgehead atoms. The number of benzene rings is 2. The van der Waals surface area contributed by atoms with Gasteiger partial charge in [-0.05, 0) is 35.9 Å². The fraction of sp³-hybridized carbons (Fsp3) is 0.0952. The van der Waals surface area contributed by atoms with Crippen molar-refractivity contribution < 1.29 is 13.9 Å². The highest BCUT2D eigenvalue weighted by Crippen LogP contribution is 2.36. The van der Waals surface area contributed by atoms with Crippen LogP contribution in [0.2, 0.25) is 0 Å². The zero-order valence-electron chi connectivity index (χ0n) is 15.1. The molecule has 1 amide bonds. The third-order valence-corrected chi connectivity index (χ3v) is 4.41. The number of hydrogen-bond donors (Lipinski definition) is 2. The lowest BCUT2D eigenvalue weighted by Crippen LogP contribution is -2.23. The van der Waals surface area contributed by atoms with Crippen LogP contribution < -0.4 is 10.1 Å². The molecule has 6 nitrogen and oxygen atoms in total. The number of carbonyl (C=O) groups excluding carboxylic acids is 1. The van der Waals surface area contributed by atoms with Gasteiger partial charge in [0.15, 0.2) is 0 Å². The summed E-state index contributed by atoms with van der Waals surface area (Å²) in [7, 11) is 1.50. The standard InChI is InChI=1S/C21H17FN4O2/c1-28-20-16(21(27)24-12-13-4-3-9-23-11-13)7-8-17-18(20)19(26-25-17)14-5-2-6-15(22)10-14/h2-11H,12H2,1H3,(H,24,27)(H,25,26). The second kappa shape index (κ2) is 7.48. The Morgan fingerprint density at radius 3 is 2.86 bits per heavy atom. The molecule has 0 atom stereocenters. The van der Waals surface area contributed by atoms with E-state index >= 15 is 0 Å². The maximum absolute atomic E-state index is 13.7. The SMILES string of the molecule is COc1c(C(=O)NCc2cccnc2)ccc2[nH]nc(-c3cccc(F)c3)c12. The molecule has 4 rings (SSSR count). The molecule has 2 N–H and O–H groups in total. The summed E-state index contributed by atoms with van der Waals surface area (Å²) >= 11 is 0. The summed E-state index contributed by atoms with van der Waals surface area (Å²) in [6.07, 6.45) is 3.37. The van der Waals surface area contributed by atoms with Crippen molar-refractivity contribution in [3.8, 4) is 17.0 Å². The summed E-state index contributed by atoms with van der Waals surface area (Å²) in [5, 5.41) is 10.7. The minimum Gasteiger partial charge on any atom is -0.495 e. The number of nitrogens with one attached hydrogen (secondary N) is 2. The van der Waals surface area contributed by atoms with Crippen LogP contribution >= 0.6 is 0 Å². The van der Waals surface area contributed by atoms with Crippen LogP contribution in [0.5, 0.6) is 5.75 Å². The van der Waals surface area contributed by atoms with Crippen molar-refractivity contribution in [1.29, 1.82) is 0 Å². The number of methoxy groups -OCH3 is 1. The monoisotopic (exact) mass is 376 g/mol. The summed E-state index contributed by atoms with van der Waals surface area (Å²) in [6, 6.07) is 13.3. The van der Waals surface area contributed by atoms with Gasteiger partial charge in [0.25, 0.3) is 5.91 Å². The summed E-state index contributed by atoms with van der Waals surface area (Å²) in [6.45, 7) is 0.343. The predicted molar refractivity (Wildman–Crippen MR) is 103 cm³/mol. The summed E-state index contributed by atoms with van der Waals surface area (Å²) in [5.74, 6) is -0.263. The van der Waals surface area contributed by atoms with Crippen molar-refractivity contribution in [1.82, 2.24) is 20.5 Å². The van der Waals surface area contributed by atoms with Crippen molar-refractivity contribution >= 4 is 16.8 Å². The van der Waals surface area contributed by atoms with E-state index in [9.17, 15) is 9.18 Å². The molecule has 0 aliphatic heterocycles. The first-order valence-electron chi connectivity index (χ1n) is 8.65. The Bertz CT molecular complexity index is 1140. The first-order chi connectivity index (χ1) is 13.7. The molecule has 0 saturated carbocycles. The Hall–Kier alpha value is -3.74. The highest BCUT2D eigenvalue weighted by molar-refractivity contribution is 6.07. The smallest absolute Gasteiger partial charge is 0.255 e. The van der Waals surface area contributed by atoms with Crippen molar-refractivity contribution in [2.75, 3.05) is 7.11 Å². The molecule has 2 heterocycles. The third kappa shape index (κ3) is 3.29. The second-order valence-corrected chi connectivity index (χ2v) is 6.20. The number of H-pyrrole nitrogens is 1. The quantitative estimate of drug-likeness (QED) is 0.557. The number of ether oxygens (including phenoxy) is 1. The lowest BCUT2D eigenvalue weighted by molar-refractivity contribution is 0.0948. The van der Waals surface area contributed by atoms with Crippen LogP contribution in [0.3, 0.4) is 0 Å². The van der Waals surface area contributed by atoms with E-state index in [0.29, 0.717) is 40.0 Å². The maximum Gasteiger partial charge on any atom is 0.255 e. The van der Waals surface area contributed by atoms with E-state index in [0.717, 1.165) is 5.56 Å². The Kier molecular flexibility index (Phi) is 4.72. The Labute approximate surface area is 160 Å². The number of aromatic nitrogens is 3. The number of nitrogens with zero attached hydrogens (tertiary/aromatic N) is 2. The van der Waals surface area contributed by atoms with Crippen molar-refractivity contribution in [3.05, 3.63) is 77.9 Å². The number of fused-ring (bicyclic) bond motifs is 1. The summed E-state index contributed by atoms with van der Waals surface area (Å²) < 4.78 is 19.2. The van der Waals surface area contributed by atoms with E-state index < -0.39 is 0 Å². The Morgan fingerprint density at radius 2 is 2.11 bits per heavy atom. The average Bonchev–Trinajstić information content (AvgIpc) is 3.16. The van der Waals surface area contributed by atoms with Crippen molar-refractivity contribution in [2.24, 2.45) is 0 Å². The van der Waals surface area contributed by atoms with Crippen LogP contribution in [-0.2, 0) is 6.54 Å². The van der Waals surface area contributed by atoms with Crippen LogP contribution in [0.1, 0.15) is 15.9 Å². The maximum atomic E-state index is 13.7. The van der Waals surface area contributed by atoms with Crippen LogP contribution in [0.15, 0.2) is 60.9 Å². The molecule has 0 unspecified atom stereocenters. The number of halogens is 1. The normalized spacial score (nSPS) is 10.8. The molecule has 0 saturated heterocycles. The molecule has 140 valence electrons. The first kappa shape index (κ1) is 17.7. The van der Waals surface area contributed by atoms with Gasteiger partial charge in [-0.2, -0.15) is 5.10 Å². The molecule has 0 fully saturated rings. The number of aromatic amines is 1. The van der Waals surface area contributed by atoms with Gasteiger partial charge in [0.1, 0.15) is 17.3 Å². The van der Waals surface area contributed by atoms with Crippen LogP contribution in [0.4, 0.5) is 4.39 Å². The highest BCUT2D eigenvalue weighted by Gasteiger charge is 2.20. The van der Waals surface area contributed by atoms with Gasteiger partial charge in [0, 0.05) is 24.5 Å². The first-order valence-corrected chi connectivity index (χ1v) is 8.65. The zero-order valence-corrected chi connectivity index (χ0v) is 15.1. The molecule has 28 heavy (non-hydrogen) atoms. The number of rotatable bonds is 5. The molecule has 2 aromatic heterocycles. The Morgan fingerprint density at radius 1 is 1.21 bits per heavy atom. The fourth-order valence-corrected chi connectivity index (χ4v) is 3.10. The molecule has 4 aromatic rings. The topological polar surface area (TPSA) is 79.9 Å². The average molecular weight is 376 g/mol. The molecular formula is C21H17FN4O2. The number of amides is 1. The molecule has 0 aliphatic carbocycles. The molecule has 7 heteroatoms. The van der Waals surface area contributed by atoms with Crippen molar-refractivity contribution in [3.63, 3.8) is 0 Å². The molecule has 0 spiro atoms. The second-order valence-electron chi connectivity index (χ2n) is 6.20. The van der Waals surface area contributed by atoms with Gasteiger partial charge in [-0.1, -0.05) is 18.2 Å². The predicted octanol–water partition coefficient (Wildman–Crippen LogP) is 3.70. The van der Waals surface area contributed by atoms with E-state index in [1.54, 1.807) is 36.7 Å². The van der Waals surface area contributed by atoms with Crippen LogP contribution in [-0.4, -0.2) is 28.2 Å². The number of hydrogen-bond acceptors (Lipinski definition) is 4. The van der Waals surface area contributed by atoms with E-state index in [1.165, 1.54) is 19.2 Å². The van der Waals surface area contributed by atoms with Crippen LogP contribution in [0, 0.1) is 5.82 Å². The van der Waals surface area contributed by atoms with Gasteiger partial charge in [0.2, 0.25) is 0 Å². The summed E-state index contributed by atoms with van der Waals surface area (Å²) in [5.41, 5.74) is 3.07. The highest BCUT2D eigenvalue weighted by atomic mass is 19.1. The van der Waals surface area contributed by atoms with Crippen molar-refractivity contribution in [2.45, 2.75) is 6.54 Å². The van der Waals surface area contributed by atoms with Gasteiger partial charge in [-0.3, -0.25) is 14.9 Å². The summed E-state index contributed by atoms with van der Waals surface area (Å²) in [4.78, 5) is 16.8. The van der Waals surface area contributed by atoms with Gasteiger partial charge >= 0.3 is 0 Å². The lowest BCUT2D eigenvalue weighted by Gasteiger charge is -2.11. The molecule has 0 radical (unpaired) electrons. The Balaban J connectivity index is 1.73. The fourth-order valence-electron chi connectivity index (χ4n) is 3.10. The number of pyridine rings is 1. The van der Waals surface area contributed by atoms with E-state index in [-0.39, 0.29) is 11.7 Å². The lowest BCUT2D eigenvalue weighted by atomic mass is 10.0. The van der Waals surface area contributed by atoms with E-state index in [4.69, 9.17) is 4.74 Å². The molecule has 0 aliphatic rings. The third-order valence-electron chi connectivity index (χ3n) is 4.41.